The molecule has 2 heterocycles. The van der Waals surface area contributed by atoms with E-state index in [4.69, 9.17) is 0 Å². The molecule has 3 rings (SSSR count). The minimum Gasteiger partial charge on any atom is -0.266 e. The summed E-state index contributed by atoms with van der Waals surface area (Å²) in [6.07, 6.45) is 0. The quantitative estimate of drug-likeness (QED) is 0.728. The third-order valence-corrected chi connectivity index (χ3v) is 4.67. The van der Waals surface area contributed by atoms with Crippen LogP contribution in [0.1, 0.15) is 17.4 Å². The fourth-order valence-electron chi connectivity index (χ4n) is 2.40. The zero-order valence-electron chi connectivity index (χ0n) is 11.8. The minimum absolute atomic E-state index is 0.123. The Kier molecular flexibility index (Phi) is 3.32. The van der Waals surface area contributed by atoms with Crippen LogP contribution in [0.25, 0.3) is 21.3 Å². The summed E-state index contributed by atoms with van der Waals surface area (Å²) in [6.45, 7) is 4.27. The Hall–Kier alpha value is -2.45. The molecule has 0 aliphatic rings. The number of aromatic nitrogens is 2. The van der Waals surface area contributed by atoms with Crippen molar-refractivity contribution in [2.45, 2.75) is 20.4 Å². The van der Waals surface area contributed by atoms with Crippen LogP contribution in [0.2, 0.25) is 0 Å². The molecule has 0 spiro atoms. The van der Waals surface area contributed by atoms with Crippen LogP contribution in [-0.4, -0.2) is 9.78 Å². The van der Waals surface area contributed by atoms with Crippen LogP contribution in [0.15, 0.2) is 35.1 Å². The molecular formula is C16H13N3OS. The van der Waals surface area contributed by atoms with Crippen molar-refractivity contribution < 1.29 is 0 Å². The summed E-state index contributed by atoms with van der Waals surface area (Å²) in [4.78, 5) is 13.0. The van der Waals surface area contributed by atoms with Gasteiger partial charge in [0.25, 0.3) is 5.56 Å². The van der Waals surface area contributed by atoms with Gasteiger partial charge in [-0.15, -0.1) is 11.3 Å². The monoisotopic (exact) mass is 295 g/mol. The van der Waals surface area contributed by atoms with E-state index in [0.29, 0.717) is 16.1 Å². The Morgan fingerprint density at radius 2 is 2.05 bits per heavy atom. The van der Waals surface area contributed by atoms with E-state index in [1.807, 2.05) is 44.2 Å². The second kappa shape index (κ2) is 5.15. The smallest absolute Gasteiger partial charge is 0.266 e. The Morgan fingerprint density at radius 1 is 1.33 bits per heavy atom. The Morgan fingerprint density at radius 3 is 2.67 bits per heavy atom. The third kappa shape index (κ3) is 2.05. The van der Waals surface area contributed by atoms with Crippen molar-refractivity contribution in [1.82, 2.24) is 9.78 Å². The van der Waals surface area contributed by atoms with Crippen molar-refractivity contribution in [3.63, 3.8) is 0 Å². The van der Waals surface area contributed by atoms with Gasteiger partial charge in [-0.25, -0.2) is 4.68 Å². The molecule has 104 valence electrons. The minimum atomic E-state index is -0.123. The summed E-state index contributed by atoms with van der Waals surface area (Å²) in [5.74, 6) is 0. The molecule has 2 aromatic heterocycles. The van der Waals surface area contributed by atoms with E-state index in [-0.39, 0.29) is 5.56 Å². The highest BCUT2D eigenvalue weighted by molar-refractivity contribution is 7.19. The predicted octanol–water partition coefficient (Wildman–Crippen LogP) is 3.33. The van der Waals surface area contributed by atoms with Gasteiger partial charge in [-0.05, 0) is 19.4 Å². The zero-order chi connectivity index (χ0) is 15.0. The number of aryl methyl sites for hydroxylation is 2. The lowest BCUT2D eigenvalue weighted by molar-refractivity contribution is 0.627. The molecule has 0 N–H and O–H groups in total. The second-order valence-corrected chi connectivity index (χ2v) is 5.73. The number of hydrogen-bond donors (Lipinski definition) is 0. The van der Waals surface area contributed by atoms with Gasteiger partial charge in [0.1, 0.15) is 21.3 Å². The van der Waals surface area contributed by atoms with Gasteiger partial charge in [0, 0.05) is 17.5 Å². The van der Waals surface area contributed by atoms with Crippen molar-refractivity contribution in [1.29, 1.82) is 5.26 Å². The van der Waals surface area contributed by atoms with E-state index in [1.54, 1.807) is 0 Å². The van der Waals surface area contributed by atoms with E-state index in [2.05, 4.69) is 11.2 Å². The van der Waals surface area contributed by atoms with Crippen molar-refractivity contribution in [2.24, 2.45) is 0 Å². The Balaban J connectivity index is 2.49. The van der Waals surface area contributed by atoms with E-state index in [0.717, 1.165) is 22.2 Å². The largest absolute Gasteiger partial charge is 0.284 e. The first-order valence-electron chi connectivity index (χ1n) is 6.67. The molecule has 0 radical (unpaired) electrons. The molecule has 1 aromatic carbocycles. The first-order chi connectivity index (χ1) is 10.2. The fraction of sp³-hybridized carbons (Fsp3) is 0.188. The molecule has 3 aromatic rings. The lowest BCUT2D eigenvalue weighted by Gasteiger charge is -2.08. The highest BCUT2D eigenvalue weighted by Gasteiger charge is 2.18. The number of benzene rings is 1. The number of nitrogens with zero attached hydrogens (tertiary/aromatic N) is 3. The van der Waals surface area contributed by atoms with Gasteiger partial charge in [-0.2, -0.15) is 10.4 Å². The first kappa shape index (κ1) is 13.5. The molecule has 0 saturated heterocycles. The van der Waals surface area contributed by atoms with Gasteiger partial charge in [0.05, 0.1) is 0 Å². The molecule has 0 aliphatic carbocycles. The molecule has 4 nitrogen and oxygen atoms in total. The van der Waals surface area contributed by atoms with Crippen LogP contribution in [0.5, 0.6) is 0 Å². The fourth-order valence-corrected chi connectivity index (χ4v) is 3.45. The molecule has 0 aliphatic heterocycles. The van der Waals surface area contributed by atoms with Gasteiger partial charge in [-0.1, -0.05) is 30.3 Å². The molecule has 5 heteroatoms. The van der Waals surface area contributed by atoms with E-state index >= 15 is 0 Å². The Labute approximate surface area is 125 Å². The van der Waals surface area contributed by atoms with Crippen molar-refractivity contribution in [2.75, 3.05) is 0 Å². The second-order valence-electron chi connectivity index (χ2n) is 4.71. The molecule has 0 amide bonds. The van der Waals surface area contributed by atoms with Crippen LogP contribution in [0.4, 0.5) is 0 Å². The average molecular weight is 295 g/mol. The van der Waals surface area contributed by atoms with Gasteiger partial charge in [0.15, 0.2) is 0 Å². The summed E-state index contributed by atoms with van der Waals surface area (Å²) < 4.78 is 2.07. The Bertz CT molecular complexity index is 917. The van der Waals surface area contributed by atoms with Crippen molar-refractivity contribution in [3.05, 3.63) is 51.1 Å². The van der Waals surface area contributed by atoms with Crippen molar-refractivity contribution >= 4 is 21.4 Å². The summed E-state index contributed by atoms with van der Waals surface area (Å²) in [5, 5.41) is 14.5. The number of thiophene rings is 1. The van der Waals surface area contributed by atoms with Crippen molar-refractivity contribution in [3.8, 4) is 17.3 Å². The molecule has 0 unspecified atom stereocenters. The maximum atomic E-state index is 12.4. The first-order valence-corrected chi connectivity index (χ1v) is 7.48. The number of fused-ring (bicyclic) bond motifs is 1. The average Bonchev–Trinajstić information content (AvgIpc) is 2.86. The number of nitriles is 1. The van der Waals surface area contributed by atoms with Crippen LogP contribution >= 0.6 is 11.3 Å². The van der Waals surface area contributed by atoms with Crippen LogP contribution in [-0.2, 0) is 6.54 Å². The van der Waals surface area contributed by atoms with E-state index in [1.165, 1.54) is 16.0 Å². The van der Waals surface area contributed by atoms with Crippen LogP contribution in [0, 0.1) is 18.3 Å². The summed E-state index contributed by atoms with van der Waals surface area (Å²) in [6, 6.07) is 11.9. The summed E-state index contributed by atoms with van der Waals surface area (Å²) in [5.41, 5.74) is 2.43. The lowest BCUT2D eigenvalue weighted by atomic mass is 10.1. The topological polar surface area (TPSA) is 58.7 Å². The zero-order valence-corrected chi connectivity index (χ0v) is 12.6. The van der Waals surface area contributed by atoms with Crippen LogP contribution in [0.3, 0.4) is 0 Å². The van der Waals surface area contributed by atoms with E-state index in [9.17, 15) is 10.1 Å². The highest BCUT2D eigenvalue weighted by atomic mass is 32.1. The normalized spacial score (nSPS) is 10.7. The molecular weight excluding hydrogens is 282 g/mol. The standard InChI is InChI=1S/C16H13N3OS/c1-3-19-16(20)15-13(10(2)12(9-17)21-15)14(18-19)11-7-5-4-6-8-11/h4-8H,3H2,1-2H3. The molecule has 0 atom stereocenters. The van der Waals surface area contributed by atoms with E-state index < -0.39 is 0 Å². The van der Waals surface area contributed by atoms with Gasteiger partial charge < -0.3 is 0 Å². The molecule has 0 bridgehead atoms. The molecule has 0 fully saturated rings. The summed E-state index contributed by atoms with van der Waals surface area (Å²) >= 11 is 1.25. The predicted molar refractivity (Wildman–Crippen MR) is 84.4 cm³/mol. The van der Waals surface area contributed by atoms with Gasteiger partial charge in [0.2, 0.25) is 0 Å². The molecule has 21 heavy (non-hydrogen) atoms. The van der Waals surface area contributed by atoms with Gasteiger partial charge >= 0.3 is 0 Å². The maximum absolute atomic E-state index is 12.4. The SMILES string of the molecule is CCn1nc(-c2ccccc2)c2c(C)c(C#N)sc2c1=O. The number of hydrogen-bond acceptors (Lipinski definition) is 4. The summed E-state index contributed by atoms with van der Waals surface area (Å²) in [7, 11) is 0. The lowest BCUT2D eigenvalue weighted by Crippen LogP contribution is -2.22. The van der Waals surface area contributed by atoms with Crippen LogP contribution < -0.4 is 5.56 Å². The third-order valence-electron chi connectivity index (χ3n) is 3.48. The molecule has 0 saturated carbocycles. The van der Waals surface area contributed by atoms with Gasteiger partial charge in [-0.3, -0.25) is 4.79 Å². The maximum Gasteiger partial charge on any atom is 0.284 e. The highest BCUT2D eigenvalue weighted by Crippen LogP contribution is 2.34. The number of rotatable bonds is 2.